The Kier molecular flexibility index (Phi) is 7.27. The van der Waals surface area contributed by atoms with Gasteiger partial charge in [-0.15, -0.1) is 0 Å². The summed E-state index contributed by atoms with van der Waals surface area (Å²) in [7, 11) is 1.99. The quantitative estimate of drug-likeness (QED) is 0.445. The average molecular weight is 408 g/mol. The lowest BCUT2D eigenvalue weighted by Gasteiger charge is -2.18. The van der Waals surface area contributed by atoms with Gasteiger partial charge in [0.1, 0.15) is 0 Å². The van der Waals surface area contributed by atoms with Crippen LogP contribution in [-0.2, 0) is 26.6 Å². The van der Waals surface area contributed by atoms with Gasteiger partial charge in [0.25, 0.3) is 0 Å². The number of hydrogen-bond acceptors (Lipinski definition) is 3. The standard InChI is InChI=1S/C23H33N7/c1-6-24-23(27-17(2)12-22-18(3)28-29(5)19(22)4)25-13-21-14-26-30(16-21)15-20-10-8-7-9-11-20/h7-11,14,16-17H,6,12-13,15H2,1-5H3,(H2,24,25,27). The van der Waals surface area contributed by atoms with Gasteiger partial charge in [0, 0.05) is 37.1 Å². The summed E-state index contributed by atoms with van der Waals surface area (Å²) in [4.78, 5) is 4.76. The lowest BCUT2D eigenvalue weighted by atomic mass is 10.1. The number of rotatable bonds is 8. The third-order valence-corrected chi connectivity index (χ3v) is 5.19. The summed E-state index contributed by atoms with van der Waals surface area (Å²) in [6, 6.07) is 10.6. The summed E-state index contributed by atoms with van der Waals surface area (Å²) < 4.78 is 3.90. The number of guanidine groups is 1. The molecule has 0 spiro atoms. The first kappa shape index (κ1) is 21.6. The molecule has 3 rings (SSSR count). The van der Waals surface area contributed by atoms with Crippen LogP contribution in [0.2, 0.25) is 0 Å². The normalized spacial score (nSPS) is 12.8. The highest BCUT2D eigenvalue weighted by molar-refractivity contribution is 5.80. The third-order valence-electron chi connectivity index (χ3n) is 5.19. The Morgan fingerprint density at radius 1 is 1.17 bits per heavy atom. The minimum absolute atomic E-state index is 0.241. The van der Waals surface area contributed by atoms with Gasteiger partial charge in [-0.2, -0.15) is 10.2 Å². The number of nitrogens with zero attached hydrogens (tertiary/aromatic N) is 5. The predicted octanol–water partition coefficient (Wildman–Crippen LogP) is 2.97. The minimum atomic E-state index is 0.241. The van der Waals surface area contributed by atoms with Crippen LogP contribution in [0.5, 0.6) is 0 Å². The fourth-order valence-corrected chi connectivity index (χ4v) is 3.54. The molecule has 7 nitrogen and oxygen atoms in total. The molecular formula is C23H33N7. The zero-order chi connectivity index (χ0) is 21.5. The van der Waals surface area contributed by atoms with Crippen molar-refractivity contribution in [2.45, 2.75) is 53.2 Å². The van der Waals surface area contributed by atoms with Gasteiger partial charge in [0.15, 0.2) is 5.96 Å². The van der Waals surface area contributed by atoms with E-state index in [1.54, 1.807) is 0 Å². The van der Waals surface area contributed by atoms with Crippen molar-refractivity contribution in [3.05, 3.63) is 70.8 Å². The number of aliphatic imine (C=N–C) groups is 1. The molecule has 2 N–H and O–H groups in total. The molecule has 0 radical (unpaired) electrons. The Hall–Kier alpha value is -3.09. The second kappa shape index (κ2) is 10.1. The summed E-state index contributed by atoms with van der Waals surface area (Å²) in [6.45, 7) is 10.6. The van der Waals surface area contributed by atoms with Gasteiger partial charge in [0.05, 0.1) is 25.0 Å². The SMILES string of the molecule is CCNC(=NCc1cnn(Cc2ccccc2)c1)NC(C)Cc1c(C)nn(C)c1C. The second-order valence-electron chi connectivity index (χ2n) is 7.75. The molecule has 1 aromatic carbocycles. The molecule has 2 heterocycles. The lowest BCUT2D eigenvalue weighted by Crippen LogP contribution is -2.43. The predicted molar refractivity (Wildman–Crippen MR) is 122 cm³/mol. The van der Waals surface area contributed by atoms with Crippen LogP contribution in [0, 0.1) is 13.8 Å². The van der Waals surface area contributed by atoms with Gasteiger partial charge in [-0.05, 0) is 45.2 Å². The molecular weight excluding hydrogens is 374 g/mol. The Bertz CT molecular complexity index is 969. The molecule has 0 saturated heterocycles. The van der Waals surface area contributed by atoms with E-state index in [1.807, 2.05) is 40.8 Å². The number of aryl methyl sites for hydroxylation is 2. The van der Waals surface area contributed by atoms with E-state index in [2.05, 4.69) is 66.9 Å². The highest BCUT2D eigenvalue weighted by atomic mass is 15.3. The molecule has 1 unspecified atom stereocenters. The van der Waals surface area contributed by atoms with Crippen molar-refractivity contribution in [1.82, 2.24) is 30.2 Å². The summed E-state index contributed by atoms with van der Waals surface area (Å²) in [5.74, 6) is 0.819. The van der Waals surface area contributed by atoms with Crippen molar-refractivity contribution in [2.75, 3.05) is 6.54 Å². The van der Waals surface area contributed by atoms with E-state index in [0.29, 0.717) is 6.54 Å². The smallest absolute Gasteiger partial charge is 0.191 e. The molecule has 7 heteroatoms. The van der Waals surface area contributed by atoms with E-state index in [4.69, 9.17) is 4.99 Å². The first-order chi connectivity index (χ1) is 14.5. The van der Waals surface area contributed by atoms with Crippen LogP contribution in [0.25, 0.3) is 0 Å². The summed E-state index contributed by atoms with van der Waals surface area (Å²) >= 11 is 0. The van der Waals surface area contributed by atoms with Crippen LogP contribution in [0.3, 0.4) is 0 Å². The zero-order valence-electron chi connectivity index (χ0n) is 18.7. The third kappa shape index (κ3) is 5.72. The number of nitrogens with one attached hydrogen (secondary N) is 2. The van der Waals surface area contributed by atoms with Crippen LogP contribution >= 0.6 is 0 Å². The highest BCUT2D eigenvalue weighted by Crippen LogP contribution is 2.14. The van der Waals surface area contributed by atoms with Crippen molar-refractivity contribution < 1.29 is 0 Å². The van der Waals surface area contributed by atoms with Gasteiger partial charge in [-0.3, -0.25) is 9.36 Å². The van der Waals surface area contributed by atoms with E-state index in [0.717, 1.165) is 36.7 Å². The second-order valence-corrected chi connectivity index (χ2v) is 7.75. The van der Waals surface area contributed by atoms with Crippen molar-refractivity contribution in [2.24, 2.45) is 12.0 Å². The first-order valence-electron chi connectivity index (χ1n) is 10.6. The fourth-order valence-electron chi connectivity index (χ4n) is 3.54. The Labute approximate surface area is 179 Å². The Morgan fingerprint density at radius 2 is 1.93 bits per heavy atom. The molecule has 3 aromatic rings. The van der Waals surface area contributed by atoms with Crippen molar-refractivity contribution in [3.8, 4) is 0 Å². The molecule has 1 atom stereocenters. The van der Waals surface area contributed by atoms with Gasteiger partial charge < -0.3 is 10.6 Å². The summed E-state index contributed by atoms with van der Waals surface area (Å²) in [5, 5.41) is 15.9. The van der Waals surface area contributed by atoms with Gasteiger partial charge in [-0.1, -0.05) is 30.3 Å². The molecule has 30 heavy (non-hydrogen) atoms. The van der Waals surface area contributed by atoms with Crippen molar-refractivity contribution in [3.63, 3.8) is 0 Å². The number of aromatic nitrogens is 4. The molecule has 0 bridgehead atoms. The van der Waals surface area contributed by atoms with Gasteiger partial charge >= 0.3 is 0 Å². The Balaban J connectivity index is 1.60. The Morgan fingerprint density at radius 3 is 2.60 bits per heavy atom. The zero-order valence-corrected chi connectivity index (χ0v) is 18.7. The van der Waals surface area contributed by atoms with Crippen LogP contribution in [0.4, 0.5) is 0 Å². The number of hydrogen-bond donors (Lipinski definition) is 2. The fraction of sp³-hybridized carbons (Fsp3) is 0.435. The highest BCUT2D eigenvalue weighted by Gasteiger charge is 2.14. The van der Waals surface area contributed by atoms with E-state index in [9.17, 15) is 0 Å². The van der Waals surface area contributed by atoms with E-state index in [-0.39, 0.29) is 6.04 Å². The van der Waals surface area contributed by atoms with Crippen molar-refractivity contribution in [1.29, 1.82) is 0 Å². The maximum absolute atomic E-state index is 4.76. The van der Waals surface area contributed by atoms with Gasteiger partial charge in [-0.25, -0.2) is 4.99 Å². The molecule has 0 aliphatic heterocycles. The lowest BCUT2D eigenvalue weighted by molar-refractivity contribution is 0.635. The van der Waals surface area contributed by atoms with Gasteiger partial charge in [0.2, 0.25) is 0 Å². The summed E-state index contributed by atoms with van der Waals surface area (Å²) in [6.07, 6.45) is 4.86. The van der Waals surface area contributed by atoms with Crippen LogP contribution in [0.1, 0.15) is 41.9 Å². The minimum Gasteiger partial charge on any atom is -0.357 e. The summed E-state index contributed by atoms with van der Waals surface area (Å²) in [5.41, 5.74) is 5.94. The largest absolute Gasteiger partial charge is 0.357 e. The van der Waals surface area contributed by atoms with Crippen molar-refractivity contribution >= 4 is 5.96 Å². The van der Waals surface area contributed by atoms with E-state index < -0.39 is 0 Å². The maximum atomic E-state index is 4.76. The molecule has 160 valence electrons. The topological polar surface area (TPSA) is 72.1 Å². The molecule has 2 aromatic heterocycles. The molecule has 0 aliphatic rings. The maximum Gasteiger partial charge on any atom is 0.191 e. The number of benzene rings is 1. The molecule has 0 amide bonds. The first-order valence-corrected chi connectivity index (χ1v) is 10.6. The van der Waals surface area contributed by atoms with Crippen LogP contribution < -0.4 is 10.6 Å². The molecule has 0 saturated carbocycles. The van der Waals surface area contributed by atoms with E-state index in [1.165, 1.54) is 16.8 Å². The van der Waals surface area contributed by atoms with Crippen LogP contribution in [-0.4, -0.2) is 38.1 Å². The monoisotopic (exact) mass is 407 g/mol. The van der Waals surface area contributed by atoms with Crippen LogP contribution in [0.15, 0.2) is 47.7 Å². The van der Waals surface area contributed by atoms with E-state index >= 15 is 0 Å². The molecule has 0 aliphatic carbocycles. The average Bonchev–Trinajstić information content (AvgIpc) is 3.26. The molecule has 0 fully saturated rings.